The van der Waals surface area contributed by atoms with Crippen molar-refractivity contribution in [3.63, 3.8) is 0 Å². The predicted molar refractivity (Wildman–Crippen MR) is 90.6 cm³/mol. The third-order valence-electron chi connectivity index (χ3n) is 2.94. The van der Waals surface area contributed by atoms with Gasteiger partial charge in [0.1, 0.15) is 12.4 Å². The van der Waals surface area contributed by atoms with Gasteiger partial charge < -0.3 is 4.74 Å². The Morgan fingerprint density at radius 3 is 2.77 bits per heavy atom. The second kappa shape index (κ2) is 7.15. The monoisotopic (exact) mass is 327 g/mol. The van der Waals surface area contributed by atoms with E-state index in [1.807, 2.05) is 53.2 Å². The molecule has 0 radical (unpaired) electrons. The van der Waals surface area contributed by atoms with Crippen molar-refractivity contribution in [1.82, 2.24) is 4.98 Å². The van der Waals surface area contributed by atoms with Crippen molar-refractivity contribution in [2.45, 2.75) is 6.61 Å². The van der Waals surface area contributed by atoms with E-state index in [2.05, 4.69) is 4.98 Å². The number of nitrogens with zero attached hydrogens (tertiary/aromatic N) is 1. The molecule has 110 valence electrons. The molecule has 0 aliphatic rings. The molecule has 0 atom stereocenters. The molecule has 22 heavy (non-hydrogen) atoms. The fraction of sp³-hybridized carbons (Fsp3) is 0.0588. The number of carbonyl (C=O) groups excluding carboxylic acids is 1. The van der Waals surface area contributed by atoms with Crippen molar-refractivity contribution < 1.29 is 9.53 Å². The highest BCUT2D eigenvalue weighted by atomic mass is 32.1. The number of aromatic nitrogens is 1. The molecular formula is C17H13NO2S2. The number of carbonyl (C=O) groups is 1. The number of thiazole rings is 1. The van der Waals surface area contributed by atoms with Crippen molar-refractivity contribution in [1.29, 1.82) is 0 Å². The van der Waals surface area contributed by atoms with Crippen molar-refractivity contribution >= 4 is 34.5 Å². The first-order chi connectivity index (χ1) is 10.8. The number of ketones is 1. The van der Waals surface area contributed by atoms with Gasteiger partial charge in [0.15, 0.2) is 5.78 Å². The number of hydrogen-bond donors (Lipinski definition) is 0. The Balaban J connectivity index is 1.58. The summed E-state index contributed by atoms with van der Waals surface area (Å²) in [7, 11) is 0. The van der Waals surface area contributed by atoms with E-state index in [9.17, 15) is 4.79 Å². The maximum absolute atomic E-state index is 11.9. The number of ether oxygens (including phenoxy) is 1. The molecule has 0 N–H and O–H groups in total. The van der Waals surface area contributed by atoms with E-state index in [0.717, 1.165) is 21.9 Å². The second-order valence-electron chi connectivity index (χ2n) is 4.51. The molecule has 3 rings (SSSR count). The lowest BCUT2D eigenvalue weighted by molar-refractivity contribution is 0.105. The molecule has 0 saturated carbocycles. The SMILES string of the molecule is O=C(/C=C/c1ccc(OCc2cscn2)cc1)c1cccs1. The molecule has 0 saturated heterocycles. The molecule has 2 aromatic heterocycles. The second-order valence-corrected chi connectivity index (χ2v) is 6.18. The van der Waals surface area contributed by atoms with E-state index in [0.29, 0.717) is 6.61 Å². The van der Waals surface area contributed by atoms with E-state index >= 15 is 0 Å². The van der Waals surface area contributed by atoms with Crippen molar-refractivity contribution in [3.05, 3.63) is 74.9 Å². The summed E-state index contributed by atoms with van der Waals surface area (Å²) in [6.45, 7) is 0.468. The molecule has 3 aromatic rings. The number of allylic oxidation sites excluding steroid dienone is 1. The molecule has 0 spiro atoms. The van der Waals surface area contributed by atoms with Gasteiger partial charge in [0.05, 0.1) is 16.1 Å². The van der Waals surface area contributed by atoms with Gasteiger partial charge in [-0.15, -0.1) is 22.7 Å². The van der Waals surface area contributed by atoms with Gasteiger partial charge >= 0.3 is 0 Å². The third-order valence-corrected chi connectivity index (χ3v) is 4.46. The molecule has 0 bridgehead atoms. The zero-order valence-corrected chi connectivity index (χ0v) is 13.3. The largest absolute Gasteiger partial charge is 0.487 e. The molecule has 0 aliphatic carbocycles. The Hall–Kier alpha value is -2.24. The smallest absolute Gasteiger partial charge is 0.195 e. The molecule has 0 aliphatic heterocycles. The molecular weight excluding hydrogens is 314 g/mol. The van der Waals surface area contributed by atoms with Crippen LogP contribution in [0.15, 0.2) is 58.7 Å². The molecule has 5 heteroatoms. The Kier molecular flexibility index (Phi) is 4.78. The summed E-state index contributed by atoms with van der Waals surface area (Å²) < 4.78 is 5.64. The highest BCUT2D eigenvalue weighted by Crippen LogP contribution is 2.16. The Bertz CT molecular complexity index is 745. The number of thiophene rings is 1. The molecule has 0 unspecified atom stereocenters. The highest BCUT2D eigenvalue weighted by Gasteiger charge is 2.02. The third kappa shape index (κ3) is 3.90. The van der Waals surface area contributed by atoms with Crippen LogP contribution in [0.2, 0.25) is 0 Å². The predicted octanol–water partition coefficient (Wildman–Crippen LogP) is 4.68. The lowest BCUT2D eigenvalue weighted by atomic mass is 10.2. The Morgan fingerprint density at radius 2 is 2.09 bits per heavy atom. The van der Waals surface area contributed by atoms with Gasteiger partial charge in [0.25, 0.3) is 0 Å². The summed E-state index contributed by atoms with van der Waals surface area (Å²) in [5.41, 5.74) is 3.68. The fourth-order valence-electron chi connectivity index (χ4n) is 1.81. The van der Waals surface area contributed by atoms with Crippen molar-refractivity contribution in [2.75, 3.05) is 0 Å². The summed E-state index contributed by atoms with van der Waals surface area (Å²) in [5.74, 6) is 0.814. The van der Waals surface area contributed by atoms with E-state index in [4.69, 9.17) is 4.74 Å². The fourth-order valence-corrected chi connectivity index (χ4v) is 3.00. The lowest BCUT2D eigenvalue weighted by Gasteiger charge is -2.04. The van der Waals surface area contributed by atoms with Gasteiger partial charge in [-0.2, -0.15) is 0 Å². The van der Waals surface area contributed by atoms with Crippen LogP contribution in [0.25, 0.3) is 6.08 Å². The van der Waals surface area contributed by atoms with Crippen LogP contribution in [0.4, 0.5) is 0 Å². The van der Waals surface area contributed by atoms with Gasteiger partial charge in [-0.05, 0) is 35.2 Å². The summed E-state index contributed by atoms with van der Waals surface area (Å²) in [5, 5.41) is 3.86. The van der Waals surface area contributed by atoms with Crippen LogP contribution in [0.5, 0.6) is 5.75 Å². The number of hydrogen-bond acceptors (Lipinski definition) is 5. The number of benzene rings is 1. The van der Waals surface area contributed by atoms with Crippen LogP contribution in [-0.4, -0.2) is 10.8 Å². The van der Waals surface area contributed by atoms with Crippen LogP contribution >= 0.6 is 22.7 Å². The zero-order chi connectivity index (χ0) is 15.2. The molecule has 0 fully saturated rings. The summed E-state index contributed by atoms with van der Waals surface area (Å²) in [6, 6.07) is 11.3. The van der Waals surface area contributed by atoms with Crippen LogP contribution in [-0.2, 0) is 6.61 Å². The van der Waals surface area contributed by atoms with E-state index < -0.39 is 0 Å². The summed E-state index contributed by atoms with van der Waals surface area (Å²) >= 11 is 3.00. The van der Waals surface area contributed by atoms with E-state index in [1.165, 1.54) is 11.3 Å². The molecule has 3 nitrogen and oxygen atoms in total. The van der Waals surface area contributed by atoms with Crippen LogP contribution in [0.1, 0.15) is 20.9 Å². The average molecular weight is 327 g/mol. The molecule has 1 aromatic carbocycles. The first kappa shape index (κ1) is 14.7. The standard InChI is InChI=1S/C17H13NO2S2/c19-16(17-2-1-9-22-17)8-5-13-3-6-15(7-4-13)20-10-14-11-21-12-18-14/h1-9,11-12H,10H2/b8-5+. The minimum Gasteiger partial charge on any atom is -0.487 e. The van der Waals surface area contributed by atoms with Crippen molar-refractivity contribution in [3.8, 4) is 5.75 Å². The van der Waals surface area contributed by atoms with Gasteiger partial charge in [-0.3, -0.25) is 4.79 Å². The van der Waals surface area contributed by atoms with Crippen molar-refractivity contribution in [2.24, 2.45) is 0 Å². The zero-order valence-electron chi connectivity index (χ0n) is 11.6. The Morgan fingerprint density at radius 1 is 1.23 bits per heavy atom. The highest BCUT2D eigenvalue weighted by molar-refractivity contribution is 7.12. The van der Waals surface area contributed by atoms with Gasteiger partial charge in [-0.1, -0.05) is 24.3 Å². The quantitative estimate of drug-likeness (QED) is 0.487. The molecule has 2 heterocycles. The number of rotatable bonds is 6. The van der Waals surface area contributed by atoms with E-state index in [1.54, 1.807) is 22.9 Å². The molecule has 0 amide bonds. The van der Waals surface area contributed by atoms with Crippen LogP contribution in [0, 0.1) is 0 Å². The summed E-state index contributed by atoms with van der Waals surface area (Å²) in [4.78, 5) is 16.8. The first-order valence-electron chi connectivity index (χ1n) is 6.67. The minimum absolute atomic E-state index is 0.0267. The normalized spacial score (nSPS) is 10.9. The summed E-state index contributed by atoms with van der Waals surface area (Å²) in [6.07, 6.45) is 3.41. The van der Waals surface area contributed by atoms with Gasteiger partial charge in [0, 0.05) is 5.38 Å². The minimum atomic E-state index is 0.0267. The van der Waals surface area contributed by atoms with Gasteiger partial charge in [-0.25, -0.2) is 4.98 Å². The topological polar surface area (TPSA) is 39.2 Å². The lowest BCUT2D eigenvalue weighted by Crippen LogP contribution is -1.95. The van der Waals surface area contributed by atoms with E-state index in [-0.39, 0.29) is 5.78 Å². The van der Waals surface area contributed by atoms with Gasteiger partial charge in [0.2, 0.25) is 0 Å². The first-order valence-corrected chi connectivity index (χ1v) is 8.49. The maximum atomic E-state index is 11.9. The average Bonchev–Trinajstić information content (AvgIpc) is 3.24. The Labute approximate surface area is 136 Å². The van der Waals surface area contributed by atoms with Crippen LogP contribution in [0.3, 0.4) is 0 Å². The maximum Gasteiger partial charge on any atom is 0.195 e. The van der Waals surface area contributed by atoms with Crippen LogP contribution < -0.4 is 4.74 Å².